The first-order valence-corrected chi connectivity index (χ1v) is 4.47. The molecular weight excluding hydrogens is 156 g/mol. The van der Waals surface area contributed by atoms with Gasteiger partial charge in [-0.1, -0.05) is 6.07 Å². The molecule has 0 aliphatic heterocycles. The van der Waals surface area contributed by atoms with Crippen molar-refractivity contribution >= 4 is 17.2 Å². The summed E-state index contributed by atoms with van der Waals surface area (Å²) in [6.07, 6.45) is 0. The second kappa shape index (κ2) is 3.53. The predicted octanol–water partition coefficient (Wildman–Crippen LogP) is 2.03. The van der Waals surface area contributed by atoms with Gasteiger partial charge in [0.2, 0.25) is 0 Å². The van der Waals surface area contributed by atoms with Crippen LogP contribution in [0.15, 0.2) is 17.5 Å². The third-order valence-corrected chi connectivity index (χ3v) is 2.49. The van der Waals surface area contributed by atoms with Gasteiger partial charge >= 0.3 is 0 Å². The lowest BCUT2D eigenvalue weighted by atomic mass is 10.4. The Bertz CT molecular complexity index is 228. The number of nitrogens with zero attached hydrogens (tertiary/aromatic N) is 1. The fourth-order valence-electron chi connectivity index (χ4n) is 0.760. The van der Waals surface area contributed by atoms with Crippen LogP contribution in [0.25, 0.3) is 0 Å². The molecule has 0 atom stereocenters. The van der Waals surface area contributed by atoms with Gasteiger partial charge in [0.15, 0.2) is 0 Å². The molecule has 0 radical (unpaired) electrons. The van der Waals surface area contributed by atoms with E-state index in [1.54, 1.807) is 11.3 Å². The van der Waals surface area contributed by atoms with Crippen molar-refractivity contribution in [2.75, 3.05) is 13.6 Å². The maximum absolute atomic E-state index is 7.69. The number of amidine groups is 1. The van der Waals surface area contributed by atoms with E-state index in [-0.39, 0.29) is 0 Å². The van der Waals surface area contributed by atoms with Crippen LogP contribution in [0.1, 0.15) is 11.8 Å². The molecule has 2 nitrogen and oxygen atoms in total. The largest absolute Gasteiger partial charge is 0.359 e. The fraction of sp³-hybridized carbons (Fsp3) is 0.375. The van der Waals surface area contributed by atoms with Gasteiger partial charge in [-0.25, -0.2) is 0 Å². The lowest BCUT2D eigenvalue weighted by Crippen LogP contribution is -2.25. The topological polar surface area (TPSA) is 27.1 Å². The Kier molecular flexibility index (Phi) is 2.65. The zero-order valence-electron chi connectivity index (χ0n) is 6.79. The van der Waals surface area contributed by atoms with Crippen molar-refractivity contribution in [2.24, 2.45) is 0 Å². The van der Waals surface area contributed by atoms with Crippen molar-refractivity contribution < 1.29 is 0 Å². The van der Waals surface area contributed by atoms with Crippen LogP contribution in [0.4, 0.5) is 0 Å². The Morgan fingerprint density at radius 1 is 1.73 bits per heavy atom. The van der Waals surface area contributed by atoms with E-state index in [2.05, 4.69) is 0 Å². The van der Waals surface area contributed by atoms with Gasteiger partial charge in [-0.05, 0) is 18.4 Å². The Hall–Kier alpha value is -0.830. The van der Waals surface area contributed by atoms with E-state index in [0.29, 0.717) is 5.84 Å². The summed E-state index contributed by atoms with van der Waals surface area (Å²) in [5, 5.41) is 9.68. The average Bonchev–Trinajstić information content (AvgIpc) is 2.53. The standard InChI is InChI=1S/C8H12N2S/c1-3-10(2)8(9)7-5-4-6-11-7/h4-6,9H,3H2,1-2H3. The molecule has 1 aromatic heterocycles. The highest BCUT2D eigenvalue weighted by Crippen LogP contribution is 2.10. The molecule has 0 spiro atoms. The van der Waals surface area contributed by atoms with E-state index >= 15 is 0 Å². The van der Waals surface area contributed by atoms with Crippen LogP contribution in [-0.2, 0) is 0 Å². The monoisotopic (exact) mass is 168 g/mol. The summed E-state index contributed by atoms with van der Waals surface area (Å²) < 4.78 is 0. The molecule has 0 aromatic carbocycles. The van der Waals surface area contributed by atoms with Gasteiger partial charge < -0.3 is 4.90 Å². The second-order valence-corrected chi connectivity index (χ2v) is 3.29. The summed E-state index contributed by atoms with van der Waals surface area (Å²) in [5.74, 6) is 0.613. The first kappa shape index (κ1) is 8.27. The van der Waals surface area contributed by atoms with Gasteiger partial charge in [0.1, 0.15) is 5.84 Å². The molecule has 1 heterocycles. The summed E-state index contributed by atoms with van der Waals surface area (Å²) in [5.41, 5.74) is 0. The van der Waals surface area contributed by atoms with Crippen LogP contribution in [0.5, 0.6) is 0 Å². The summed E-state index contributed by atoms with van der Waals surface area (Å²) in [4.78, 5) is 2.96. The Labute approximate surface area is 71.0 Å². The second-order valence-electron chi connectivity index (χ2n) is 2.34. The molecule has 0 saturated heterocycles. The third kappa shape index (κ3) is 1.80. The van der Waals surface area contributed by atoms with Gasteiger partial charge in [0, 0.05) is 13.6 Å². The van der Waals surface area contributed by atoms with E-state index in [4.69, 9.17) is 5.41 Å². The molecule has 1 rings (SSSR count). The highest BCUT2D eigenvalue weighted by atomic mass is 32.1. The lowest BCUT2D eigenvalue weighted by Gasteiger charge is -2.15. The van der Waals surface area contributed by atoms with Crippen molar-refractivity contribution in [3.8, 4) is 0 Å². The first-order chi connectivity index (χ1) is 5.25. The summed E-state index contributed by atoms with van der Waals surface area (Å²) in [6, 6.07) is 3.94. The minimum absolute atomic E-state index is 0.613. The molecule has 0 aliphatic rings. The molecule has 0 aliphatic carbocycles. The van der Waals surface area contributed by atoms with Crippen LogP contribution in [0, 0.1) is 5.41 Å². The Balaban J connectivity index is 2.70. The van der Waals surface area contributed by atoms with Crippen LogP contribution >= 0.6 is 11.3 Å². The van der Waals surface area contributed by atoms with Crippen LogP contribution in [-0.4, -0.2) is 24.3 Å². The van der Waals surface area contributed by atoms with Crippen molar-refractivity contribution in [1.29, 1.82) is 5.41 Å². The van der Waals surface area contributed by atoms with Crippen LogP contribution in [0.2, 0.25) is 0 Å². The Morgan fingerprint density at radius 2 is 2.45 bits per heavy atom. The fourth-order valence-corrected chi connectivity index (χ4v) is 1.49. The summed E-state index contributed by atoms with van der Waals surface area (Å²) >= 11 is 1.61. The van der Waals surface area contributed by atoms with E-state index in [1.165, 1.54) is 0 Å². The number of nitrogens with one attached hydrogen (secondary N) is 1. The van der Waals surface area contributed by atoms with E-state index in [0.717, 1.165) is 11.4 Å². The SMILES string of the molecule is CCN(C)C(=N)c1cccs1. The normalized spacial score (nSPS) is 9.64. The number of hydrogen-bond donors (Lipinski definition) is 1. The molecular formula is C8H12N2S. The van der Waals surface area contributed by atoms with E-state index < -0.39 is 0 Å². The minimum atomic E-state index is 0.613. The van der Waals surface area contributed by atoms with Crippen molar-refractivity contribution in [2.45, 2.75) is 6.92 Å². The highest BCUT2D eigenvalue weighted by Gasteiger charge is 2.04. The average molecular weight is 168 g/mol. The van der Waals surface area contributed by atoms with Gasteiger partial charge in [0.05, 0.1) is 4.88 Å². The van der Waals surface area contributed by atoms with E-state index in [9.17, 15) is 0 Å². The molecule has 0 saturated carbocycles. The van der Waals surface area contributed by atoms with Crippen molar-refractivity contribution in [1.82, 2.24) is 4.90 Å². The first-order valence-electron chi connectivity index (χ1n) is 3.59. The van der Waals surface area contributed by atoms with Crippen molar-refractivity contribution in [3.63, 3.8) is 0 Å². The van der Waals surface area contributed by atoms with Gasteiger partial charge in [0.25, 0.3) is 0 Å². The zero-order valence-corrected chi connectivity index (χ0v) is 7.61. The van der Waals surface area contributed by atoms with Crippen molar-refractivity contribution in [3.05, 3.63) is 22.4 Å². The van der Waals surface area contributed by atoms with Crippen LogP contribution < -0.4 is 0 Å². The predicted molar refractivity (Wildman–Crippen MR) is 49.5 cm³/mol. The quantitative estimate of drug-likeness (QED) is 0.531. The lowest BCUT2D eigenvalue weighted by molar-refractivity contribution is 0.534. The maximum Gasteiger partial charge on any atom is 0.138 e. The molecule has 3 heteroatoms. The Morgan fingerprint density at radius 3 is 2.91 bits per heavy atom. The maximum atomic E-state index is 7.69. The van der Waals surface area contributed by atoms with Crippen LogP contribution in [0.3, 0.4) is 0 Å². The molecule has 0 fully saturated rings. The summed E-state index contributed by atoms with van der Waals surface area (Å²) in [7, 11) is 1.93. The minimum Gasteiger partial charge on any atom is -0.359 e. The summed E-state index contributed by atoms with van der Waals surface area (Å²) in [6.45, 7) is 2.93. The van der Waals surface area contributed by atoms with Gasteiger partial charge in [-0.3, -0.25) is 5.41 Å². The molecule has 60 valence electrons. The van der Waals surface area contributed by atoms with Gasteiger partial charge in [-0.15, -0.1) is 11.3 Å². The molecule has 0 amide bonds. The molecule has 1 aromatic rings. The smallest absolute Gasteiger partial charge is 0.138 e. The molecule has 1 N–H and O–H groups in total. The third-order valence-electron chi connectivity index (χ3n) is 1.61. The molecule has 0 unspecified atom stereocenters. The number of hydrogen-bond acceptors (Lipinski definition) is 2. The highest BCUT2D eigenvalue weighted by molar-refractivity contribution is 7.12. The van der Waals surface area contributed by atoms with Gasteiger partial charge in [-0.2, -0.15) is 0 Å². The number of thiophene rings is 1. The van der Waals surface area contributed by atoms with E-state index in [1.807, 2.05) is 36.4 Å². The zero-order chi connectivity index (χ0) is 8.27. The molecule has 11 heavy (non-hydrogen) atoms. The number of rotatable bonds is 2. The molecule has 0 bridgehead atoms.